The van der Waals surface area contributed by atoms with E-state index in [2.05, 4.69) is 5.32 Å². The highest BCUT2D eigenvalue weighted by Crippen LogP contribution is 2.33. The van der Waals surface area contributed by atoms with Crippen molar-refractivity contribution in [2.24, 2.45) is 0 Å². The maximum atomic E-state index is 12.6. The highest BCUT2D eigenvalue weighted by molar-refractivity contribution is 6.33. The number of amides is 1. The van der Waals surface area contributed by atoms with Gasteiger partial charge in [0.05, 0.1) is 5.02 Å². The second kappa shape index (κ2) is 7.34. The van der Waals surface area contributed by atoms with Crippen LogP contribution in [0.15, 0.2) is 52.9 Å². The molecule has 0 radical (unpaired) electrons. The first-order valence-electron chi connectivity index (χ1n) is 8.34. The maximum absolute atomic E-state index is 12.6. The summed E-state index contributed by atoms with van der Waals surface area (Å²) in [4.78, 5) is 12.6. The number of ether oxygens (including phenoxy) is 2. The number of hydrogen-bond donors (Lipinski definition) is 2. The molecule has 0 aliphatic carbocycles. The zero-order valence-corrected chi connectivity index (χ0v) is 15.0. The number of furan rings is 1. The lowest BCUT2D eigenvalue weighted by Gasteiger charge is -2.18. The minimum Gasteiger partial charge on any atom is -0.486 e. The van der Waals surface area contributed by atoms with Crippen molar-refractivity contribution in [3.8, 4) is 22.8 Å². The van der Waals surface area contributed by atoms with E-state index in [1.165, 1.54) is 0 Å². The number of hydrogen-bond acceptors (Lipinski definition) is 5. The lowest BCUT2D eigenvalue weighted by molar-refractivity contribution is 0.102. The number of anilines is 1. The second-order valence-corrected chi connectivity index (χ2v) is 6.34. The fraction of sp³-hybridized carbons (Fsp3) is 0.150. The molecule has 0 bridgehead atoms. The molecule has 0 saturated carbocycles. The molecule has 6 nitrogen and oxygen atoms in total. The molecule has 0 saturated heterocycles. The molecule has 7 heteroatoms. The molecule has 1 aliphatic heterocycles. The van der Waals surface area contributed by atoms with Crippen molar-refractivity contribution in [2.75, 3.05) is 18.5 Å². The number of rotatable bonds is 4. The number of aliphatic hydroxyl groups is 1. The van der Waals surface area contributed by atoms with Gasteiger partial charge in [-0.25, -0.2) is 0 Å². The molecule has 1 aliphatic rings. The first-order valence-corrected chi connectivity index (χ1v) is 8.72. The predicted octanol–water partition coefficient (Wildman–Crippen LogP) is 4.12. The molecule has 0 unspecified atom stereocenters. The molecule has 2 aromatic carbocycles. The topological polar surface area (TPSA) is 80.9 Å². The van der Waals surface area contributed by atoms with Crippen molar-refractivity contribution in [1.82, 2.24) is 0 Å². The summed E-state index contributed by atoms with van der Waals surface area (Å²) in [6.45, 7) is 0.757. The molecule has 138 valence electrons. The molecule has 3 aromatic rings. The SMILES string of the molecule is O=C(Nc1ccc(Cl)c(-c2ccc(CO)o2)c1)c1ccc2c(c1)OCCO2. The first kappa shape index (κ1) is 17.5. The summed E-state index contributed by atoms with van der Waals surface area (Å²) in [6.07, 6.45) is 0. The normalized spacial score (nSPS) is 12.7. The van der Waals surface area contributed by atoms with E-state index >= 15 is 0 Å². The number of fused-ring (bicyclic) bond motifs is 1. The van der Waals surface area contributed by atoms with Crippen molar-refractivity contribution in [3.63, 3.8) is 0 Å². The zero-order valence-electron chi connectivity index (χ0n) is 14.2. The van der Waals surface area contributed by atoms with Crippen molar-refractivity contribution in [2.45, 2.75) is 6.61 Å². The van der Waals surface area contributed by atoms with Gasteiger partial charge < -0.3 is 24.3 Å². The van der Waals surface area contributed by atoms with Gasteiger partial charge in [0.15, 0.2) is 11.5 Å². The molecule has 1 amide bonds. The van der Waals surface area contributed by atoms with E-state index in [1.807, 2.05) is 0 Å². The van der Waals surface area contributed by atoms with Crippen LogP contribution in [0.4, 0.5) is 5.69 Å². The Morgan fingerprint density at radius 3 is 2.63 bits per heavy atom. The van der Waals surface area contributed by atoms with Gasteiger partial charge in [-0.1, -0.05) is 11.6 Å². The molecule has 4 rings (SSSR count). The summed E-state index contributed by atoms with van der Waals surface area (Å²) < 4.78 is 16.5. The van der Waals surface area contributed by atoms with Gasteiger partial charge >= 0.3 is 0 Å². The first-order chi connectivity index (χ1) is 13.1. The molecule has 2 N–H and O–H groups in total. The van der Waals surface area contributed by atoms with Gasteiger partial charge in [-0.15, -0.1) is 0 Å². The summed E-state index contributed by atoms with van der Waals surface area (Å²) in [5.41, 5.74) is 1.64. The van der Waals surface area contributed by atoms with E-state index in [4.69, 9.17) is 30.6 Å². The van der Waals surface area contributed by atoms with Crippen LogP contribution in [0.3, 0.4) is 0 Å². The van der Waals surface area contributed by atoms with Gasteiger partial charge in [0.25, 0.3) is 5.91 Å². The van der Waals surface area contributed by atoms with Crippen LogP contribution in [0.25, 0.3) is 11.3 Å². The van der Waals surface area contributed by atoms with Gasteiger partial charge in [-0.2, -0.15) is 0 Å². The number of halogens is 1. The smallest absolute Gasteiger partial charge is 0.255 e. The Labute approximate surface area is 160 Å². The summed E-state index contributed by atoms with van der Waals surface area (Å²) in [6, 6.07) is 13.6. The third-order valence-corrected chi connectivity index (χ3v) is 4.44. The Morgan fingerprint density at radius 2 is 1.85 bits per heavy atom. The van der Waals surface area contributed by atoms with Crippen LogP contribution in [-0.2, 0) is 6.61 Å². The zero-order chi connectivity index (χ0) is 18.8. The van der Waals surface area contributed by atoms with Crippen LogP contribution in [0.2, 0.25) is 5.02 Å². The molecule has 0 spiro atoms. The van der Waals surface area contributed by atoms with Crippen molar-refractivity contribution in [3.05, 3.63) is 64.9 Å². The van der Waals surface area contributed by atoms with E-state index < -0.39 is 0 Å². The van der Waals surface area contributed by atoms with Gasteiger partial charge in [0.1, 0.15) is 31.3 Å². The van der Waals surface area contributed by atoms with Crippen molar-refractivity contribution in [1.29, 1.82) is 0 Å². The van der Waals surface area contributed by atoms with Crippen molar-refractivity contribution >= 4 is 23.2 Å². The minimum absolute atomic E-state index is 0.196. The van der Waals surface area contributed by atoms with E-state index in [9.17, 15) is 4.79 Å². The van der Waals surface area contributed by atoms with Crippen LogP contribution in [0.5, 0.6) is 11.5 Å². The molecule has 1 aromatic heterocycles. The lowest BCUT2D eigenvalue weighted by Crippen LogP contribution is -2.17. The number of aliphatic hydroxyl groups excluding tert-OH is 1. The summed E-state index contributed by atoms with van der Waals surface area (Å²) in [7, 11) is 0. The third kappa shape index (κ3) is 3.63. The quantitative estimate of drug-likeness (QED) is 0.706. The van der Waals surface area contributed by atoms with E-state index in [0.717, 1.165) is 0 Å². The van der Waals surface area contributed by atoms with Gasteiger partial charge in [0.2, 0.25) is 0 Å². The largest absolute Gasteiger partial charge is 0.486 e. The summed E-state index contributed by atoms with van der Waals surface area (Å²) in [5, 5.41) is 12.5. The minimum atomic E-state index is -0.282. The van der Waals surface area contributed by atoms with E-state index in [0.29, 0.717) is 58.1 Å². The average Bonchev–Trinajstić information content (AvgIpc) is 3.18. The standard InChI is InChI=1S/C20H16ClNO5/c21-16-4-2-13(10-15(16)17-6-3-14(11-23)27-17)22-20(24)12-1-5-18-19(9-12)26-8-7-25-18/h1-6,9-10,23H,7-8,11H2,(H,22,24). The van der Waals surface area contributed by atoms with Crippen LogP contribution >= 0.6 is 11.6 Å². The summed E-state index contributed by atoms with van der Waals surface area (Å²) in [5.74, 6) is 1.85. The third-order valence-electron chi connectivity index (χ3n) is 4.11. The molecule has 2 heterocycles. The van der Waals surface area contributed by atoms with E-state index in [1.54, 1.807) is 48.5 Å². The Bertz CT molecular complexity index is 998. The fourth-order valence-corrected chi connectivity index (χ4v) is 3.00. The maximum Gasteiger partial charge on any atom is 0.255 e. The summed E-state index contributed by atoms with van der Waals surface area (Å²) >= 11 is 6.25. The molecular weight excluding hydrogens is 370 g/mol. The van der Waals surface area contributed by atoms with Crippen LogP contribution in [0.1, 0.15) is 16.1 Å². The van der Waals surface area contributed by atoms with Crippen LogP contribution in [-0.4, -0.2) is 24.2 Å². The monoisotopic (exact) mass is 385 g/mol. The van der Waals surface area contributed by atoms with Gasteiger partial charge in [0, 0.05) is 16.8 Å². The number of carbonyl (C=O) groups is 1. The molecule has 0 fully saturated rings. The fourth-order valence-electron chi connectivity index (χ4n) is 2.79. The second-order valence-electron chi connectivity index (χ2n) is 5.93. The van der Waals surface area contributed by atoms with Crippen LogP contribution in [0, 0.1) is 0 Å². The van der Waals surface area contributed by atoms with E-state index in [-0.39, 0.29) is 12.5 Å². The Morgan fingerprint density at radius 1 is 1.04 bits per heavy atom. The highest BCUT2D eigenvalue weighted by Gasteiger charge is 2.16. The lowest BCUT2D eigenvalue weighted by atomic mass is 10.1. The van der Waals surface area contributed by atoms with Crippen LogP contribution < -0.4 is 14.8 Å². The Hall–Kier alpha value is -2.96. The highest BCUT2D eigenvalue weighted by atomic mass is 35.5. The van der Waals surface area contributed by atoms with Gasteiger partial charge in [-0.3, -0.25) is 4.79 Å². The number of nitrogens with one attached hydrogen (secondary N) is 1. The Kier molecular flexibility index (Phi) is 4.75. The molecule has 0 atom stereocenters. The Balaban J connectivity index is 1.57. The number of benzene rings is 2. The van der Waals surface area contributed by atoms with Gasteiger partial charge in [-0.05, 0) is 48.5 Å². The average molecular weight is 386 g/mol. The predicted molar refractivity (Wildman–Crippen MR) is 100 cm³/mol. The molecule has 27 heavy (non-hydrogen) atoms. The van der Waals surface area contributed by atoms with Crippen molar-refractivity contribution < 1.29 is 23.8 Å². The molecular formula is C20H16ClNO5. The number of carbonyl (C=O) groups excluding carboxylic acids is 1.